The fourth-order valence-corrected chi connectivity index (χ4v) is 4.83. The van der Waals surface area contributed by atoms with Crippen LogP contribution in [-0.4, -0.2) is 38.4 Å². The molecular formula is C18H16FN3OS2. The van der Waals surface area contributed by atoms with E-state index in [1.807, 2.05) is 23.1 Å². The maximum atomic E-state index is 14.0. The SMILES string of the molecule is O=C(c1ccc2nsnc2c1)N1CCS[C@H](c2ccccc2F)CC1. The number of hydrogen-bond acceptors (Lipinski definition) is 5. The van der Waals surface area contributed by atoms with Gasteiger partial charge in [0.15, 0.2) is 0 Å². The lowest BCUT2D eigenvalue weighted by molar-refractivity contribution is 0.0766. The highest BCUT2D eigenvalue weighted by Crippen LogP contribution is 2.35. The van der Waals surface area contributed by atoms with Crippen molar-refractivity contribution in [3.8, 4) is 0 Å². The average molecular weight is 373 g/mol. The lowest BCUT2D eigenvalue weighted by atomic mass is 10.1. The average Bonchev–Trinajstić information content (AvgIpc) is 2.97. The molecule has 3 aromatic rings. The van der Waals surface area contributed by atoms with Gasteiger partial charge in [-0.2, -0.15) is 20.5 Å². The van der Waals surface area contributed by atoms with Crippen molar-refractivity contribution in [3.63, 3.8) is 0 Å². The molecule has 0 spiro atoms. The molecule has 128 valence electrons. The molecule has 1 fully saturated rings. The number of benzene rings is 2. The molecule has 1 aliphatic heterocycles. The molecule has 25 heavy (non-hydrogen) atoms. The van der Waals surface area contributed by atoms with Crippen molar-refractivity contribution in [1.29, 1.82) is 0 Å². The summed E-state index contributed by atoms with van der Waals surface area (Å²) in [5, 5.41) is 0.0872. The van der Waals surface area contributed by atoms with Gasteiger partial charge in [-0.25, -0.2) is 4.39 Å². The van der Waals surface area contributed by atoms with Crippen LogP contribution in [0.2, 0.25) is 0 Å². The van der Waals surface area contributed by atoms with Gasteiger partial charge >= 0.3 is 0 Å². The molecule has 4 nitrogen and oxygen atoms in total. The van der Waals surface area contributed by atoms with Crippen LogP contribution in [0.1, 0.15) is 27.6 Å². The van der Waals surface area contributed by atoms with Crippen molar-refractivity contribution in [3.05, 3.63) is 59.4 Å². The standard InChI is InChI=1S/C18H16FN3OS2/c19-14-4-2-1-3-13(14)17-7-8-22(9-10-24-17)18(23)12-5-6-15-16(11-12)21-25-20-15/h1-6,11,17H,7-10H2/t17-/m0/s1. The second kappa shape index (κ2) is 7.09. The summed E-state index contributed by atoms with van der Waals surface area (Å²) in [5.74, 6) is 0.636. The van der Waals surface area contributed by atoms with Gasteiger partial charge in [0.1, 0.15) is 16.9 Å². The Bertz CT molecular complexity index is 914. The topological polar surface area (TPSA) is 46.1 Å². The molecule has 0 radical (unpaired) electrons. The number of hydrogen-bond donors (Lipinski definition) is 0. The molecule has 4 rings (SSSR count). The summed E-state index contributed by atoms with van der Waals surface area (Å²) < 4.78 is 22.4. The van der Waals surface area contributed by atoms with Gasteiger partial charge in [-0.15, -0.1) is 0 Å². The Hall–Kier alpha value is -1.99. The van der Waals surface area contributed by atoms with Gasteiger partial charge < -0.3 is 4.90 Å². The van der Waals surface area contributed by atoms with Gasteiger partial charge in [-0.05, 0) is 30.7 Å². The van der Waals surface area contributed by atoms with Crippen molar-refractivity contribution in [2.75, 3.05) is 18.8 Å². The Kier molecular flexibility index (Phi) is 4.67. The van der Waals surface area contributed by atoms with E-state index in [-0.39, 0.29) is 17.0 Å². The summed E-state index contributed by atoms with van der Waals surface area (Å²) in [6, 6.07) is 12.4. The number of amides is 1. The van der Waals surface area contributed by atoms with Crippen LogP contribution in [0.3, 0.4) is 0 Å². The highest BCUT2D eigenvalue weighted by Gasteiger charge is 2.24. The van der Waals surface area contributed by atoms with Gasteiger partial charge in [0.05, 0.1) is 11.7 Å². The highest BCUT2D eigenvalue weighted by molar-refractivity contribution is 7.99. The Morgan fingerprint density at radius 3 is 2.84 bits per heavy atom. The molecule has 1 aromatic heterocycles. The van der Waals surface area contributed by atoms with E-state index in [2.05, 4.69) is 8.75 Å². The molecule has 0 bridgehead atoms. The number of carbonyl (C=O) groups is 1. The molecule has 1 amide bonds. The normalized spacial score (nSPS) is 18.3. The Labute approximate surface area is 153 Å². The summed E-state index contributed by atoms with van der Waals surface area (Å²) in [7, 11) is 0. The fraction of sp³-hybridized carbons (Fsp3) is 0.278. The van der Waals surface area contributed by atoms with E-state index >= 15 is 0 Å². The molecule has 2 aromatic carbocycles. The second-order valence-electron chi connectivity index (χ2n) is 5.93. The van der Waals surface area contributed by atoms with E-state index in [4.69, 9.17) is 0 Å². The van der Waals surface area contributed by atoms with E-state index < -0.39 is 0 Å². The number of carbonyl (C=O) groups excluding carboxylic acids is 1. The quantitative estimate of drug-likeness (QED) is 0.677. The molecule has 0 aliphatic carbocycles. The third kappa shape index (κ3) is 3.39. The second-order valence-corrected chi connectivity index (χ2v) is 7.77. The predicted octanol–water partition coefficient (Wildman–Crippen LogP) is 4.15. The van der Waals surface area contributed by atoms with Crippen molar-refractivity contribution >= 4 is 40.4 Å². The van der Waals surface area contributed by atoms with Crippen molar-refractivity contribution in [2.24, 2.45) is 0 Å². The van der Waals surface area contributed by atoms with Crippen molar-refractivity contribution in [1.82, 2.24) is 13.6 Å². The summed E-state index contributed by atoms with van der Waals surface area (Å²) in [5.41, 5.74) is 2.93. The zero-order valence-electron chi connectivity index (χ0n) is 13.4. The Morgan fingerprint density at radius 2 is 1.96 bits per heavy atom. The molecule has 1 atom stereocenters. The van der Waals surface area contributed by atoms with Crippen molar-refractivity contribution < 1.29 is 9.18 Å². The Balaban J connectivity index is 1.50. The van der Waals surface area contributed by atoms with E-state index in [9.17, 15) is 9.18 Å². The van der Waals surface area contributed by atoms with Crippen molar-refractivity contribution in [2.45, 2.75) is 11.7 Å². The number of halogens is 1. The van der Waals surface area contributed by atoms with Crippen LogP contribution < -0.4 is 0 Å². The lowest BCUT2D eigenvalue weighted by Crippen LogP contribution is -2.32. The molecule has 0 unspecified atom stereocenters. The molecule has 7 heteroatoms. The van der Waals surface area contributed by atoms with E-state index in [1.54, 1.807) is 30.0 Å². The molecule has 1 aliphatic rings. The van der Waals surface area contributed by atoms with Gasteiger partial charge in [0.25, 0.3) is 5.91 Å². The number of thioether (sulfide) groups is 1. The first kappa shape index (κ1) is 16.5. The van der Waals surface area contributed by atoms with Gasteiger partial charge in [-0.1, -0.05) is 18.2 Å². The van der Waals surface area contributed by atoms with Crippen LogP contribution in [0.4, 0.5) is 4.39 Å². The zero-order chi connectivity index (χ0) is 17.2. The van der Waals surface area contributed by atoms with Gasteiger partial charge in [0, 0.05) is 35.2 Å². The van der Waals surface area contributed by atoms with Crippen LogP contribution >= 0.6 is 23.5 Å². The van der Waals surface area contributed by atoms with Crippen LogP contribution in [0.5, 0.6) is 0 Å². The fourth-order valence-electron chi connectivity index (χ4n) is 3.06. The summed E-state index contributed by atoms with van der Waals surface area (Å²) in [6.07, 6.45) is 0.748. The van der Waals surface area contributed by atoms with E-state index in [1.165, 1.54) is 6.07 Å². The van der Waals surface area contributed by atoms with Crippen LogP contribution in [-0.2, 0) is 0 Å². The third-order valence-electron chi connectivity index (χ3n) is 4.38. The first-order valence-electron chi connectivity index (χ1n) is 8.10. The first-order valence-corrected chi connectivity index (χ1v) is 9.88. The first-order chi connectivity index (χ1) is 12.2. The third-order valence-corrected chi connectivity index (χ3v) is 6.25. The summed E-state index contributed by atoms with van der Waals surface area (Å²) in [4.78, 5) is 14.7. The van der Waals surface area contributed by atoms with Gasteiger partial charge in [-0.3, -0.25) is 4.79 Å². The molecule has 2 heterocycles. The maximum Gasteiger partial charge on any atom is 0.253 e. The molecule has 0 N–H and O–H groups in total. The number of rotatable bonds is 2. The summed E-state index contributed by atoms with van der Waals surface area (Å²) >= 11 is 2.86. The minimum Gasteiger partial charge on any atom is -0.338 e. The predicted molar refractivity (Wildman–Crippen MR) is 99.5 cm³/mol. The maximum absolute atomic E-state index is 14.0. The molecule has 1 saturated heterocycles. The summed E-state index contributed by atoms with van der Waals surface area (Å²) in [6.45, 7) is 1.29. The van der Waals surface area contributed by atoms with Crippen LogP contribution in [0.25, 0.3) is 11.0 Å². The lowest BCUT2D eigenvalue weighted by Gasteiger charge is -2.20. The van der Waals surface area contributed by atoms with Gasteiger partial charge in [0.2, 0.25) is 0 Å². The monoisotopic (exact) mass is 373 g/mol. The van der Waals surface area contributed by atoms with Crippen LogP contribution in [0, 0.1) is 5.82 Å². The number of nitrogens with zero attached hydrogens (tertiary/aromatic N) is 3. The molecule has 0 saturated carbocycles. The highest BCUT2D eigenvalue weighted by atomic mass is 32.2. The number of aromatic nitrogens is 2. The molecular weight excluding hydrogens is 357 g/mol. The van der Waals surface area contributed by atoms with E-state index in [0.29, 0.717) is 18.7 Å². The van der Waals surface area contributed by atoms with E-state index in [0.717, 1.165) is 40.5 Å². The minimum absolute atomic E-state index is 0.00434. The number of fused-ring (bicyclic) bond motifs is 1. The minimum atomic E-state index is -0.165. The van der Waals surface area contributed by atoms with Crippen LogP contribution in [0.15, 0.2) is 42.5 Å². The largest absolute Gasteiger partial charge is 0.338 e. The Morgan fingerprint density at radius 1 is 1.12 bits per heavy atom. The zero-order valence-corrected chi connectivity index (χ0v) is 15.0. The smallest absolute Gasteiger partial charge is 0.253 e.